The third kappa shape index (κ3) is 2.53. The lowest BCUT2D eigenvalue weighted by molar-refractivity contribution is 0.783. The number of anilines is 1. The first-order valence-electron chi connectivity index (χ1n) is 5.67. The maximum atomic E-state index is 5.99. The van der Waals surface area contributed by atoms with E-state index in [0.717, 1.165) is 16.6 Å². The van der Waals surface area contributed by atoms with Crippen LogP contribution < -0.4 is 5.01 Å². The highest BCUT2D eigenvalue weighted by molar-refractivity contribution is 6.31. The van der Waals surface area contributed by atoms with Crippen LogP contribution in [0.1, 0.15) is 0 Å². The van der Waals surface area contributed by atoms with Crippen LogP contribution in [0.3, 0.4) is 0 Å². The molecule has 3 rings (SSSR count). The molecule has 0 aliphatic heterocycles. The molecule has 0 saturated heterocycles. The Bertz CT molecular complexity index is 680. The van der Waals surface area contributed by atoms with Gasteiger partial charge in [-0.15, -0.1) is 12.4 Å². The van der Waals surface area contributed by atoms with E-state index in [0.29, 0.717) is 5.02 Å². The third-order valence-corrected chi connectivity index (χ3v) is 3.20. The Balaban J connectivity index is 0.00000133. The fourth-order valence-electron chi connectivity index (χ4n) is 2.04. The zero-order valence-electron chi connectivity index (χ0n) is 10.3. The molecule has 0 aliphatic carbocycles. The van der Waals surface area contributed by atoms with Crippen LogP contribution in [0.15, 0.2) is 55.0 Å². The second kappa shape index (κ2) is 5.51. The van der Waals surface area contributed by atoms with Crippen LogP contribution in [0.2, 0.25) is 5.02 Å². The van der Waals surface area contributed by atoms with Crippen molar-refractivity contribution in [3.05, 3.63) is 60.0 Å². The number of benzene rings is 1. The molecule has 0 aliphatic rings. The highest BCUT2D eigenvalue weighted by Gasteiger charge is 2.07. The minimum absolute atomic E-state index is 0. The van der Waals surface area contributed by atoms with Crippen molar-refractivity contribution < 1.29 is 0 Å². The first-order valence-corrected chi connectivity index (χ1v) is 6.05. The average Bonchev–Trinajstić information content (AvgIpc) is 2.90. The molecule has 0 N–H and O–H groups in total. The summed E-state index contributed by atoms with van der Waals surface area (Å²) in [6, 6.07) is 11.8. The van der Waals surface area contributed by atoms with Gasteiger partial charge in [0.1, 0.15) is 0 Å². The normalized spacial score (nSPS) is 10.2. The van der Waals surface area contributed by atoms with Crippen LogP contribution in [0.5, 0.6) is 0 Å². The second-order valence-electron chi connectivity index (χ2n) is 4.08. The standard InChI is InChI=1S/C14H12ClN3.ClH/c1-17(18-8-2-3-9-18)14-6-7-16-13-10-11(15)4-5-12(13)14;/h2-10H,1H3;1H. The minimum Gasteiger partial charge on any atom is -0.284 e. The Morgan fingerprint density at radius 3 is 2.63 bits per heavy atom. The lowest BCUT2D eigenvalue weighted by Crippen LogP contribution is -2.22. The predicted octanol–water partition coefficient (Wildman–Crippen LogP) is 4.01. The van der Waals surface area contributed by atoms with E-state index >= 15 is 0 Å². The lowest BCUT2D eigenvalue weighted by atomic mass is 10.2. The summed E-state index contributed by atoms with van der Waals surface area (Å²) >= 11 is 5.99. The molecule has 98 valence electrons. The molecule has 0 atom stereocenters. The molecule has 0 spiro atoms. The first-order chi connectivity index (χ1) is 8.75. The number of hydrogen-bond donors (Lipinski definition) is 0. The van der Waals surface area contributed by atoms with E-state index in [2.05, 4.69) is 9.99 Å². The van der Waals surface area contributed by atoms with Gasteiger partial charge >= 0.3 is 0 Å². The van der Waals surface area contributed by atoms with Crippen molar-refractivity contribution in [2.75, 3.05) is 12.1 Å². The van der Waals surface area contributed by atoms with E-state index in [4.69, 9.17) is 11.6 Å². The summed E-state index contributed by atoms with van der Waals surface area (Å²) in [4.78, 5) is 4.35. The van der Waals surface area contributed by atoms with Gasteiger partial charge in [0, 0.05) is 36.0 Å². The Labute approximate surface area is 122 Å². The molecular formula is C14H13Cl2N3. The van der Waals surface area contributed by atoms with Gasteiger partial charge in [-0.05, 0) is 36.4 Å². The van der Waals surface area contributed by atoms with Crippen molar-refractivity contribution in [3.8, 4) is 0 Å². The van der Waals surface area contributed by atoms with E-state index in [1.807, 2.05) is 60.5 Å². The van der Waals surface area contributed by atoms with Gasteiger partial charge in [-0.1, -0.05) is 11.6 Å². The lowest BCUT2D eigenvalue weighted by Gasteiger charge is -2.22. The van der Waals surface area contributed by atoms with Crippen molar-refractivity contribution in [1.82, 2.24) is 9.66 Å². The molecule has 2 heterocycles. The maximum Gasteiger partial charge on any atom is 0.0738 e. The molecule has 2 aromatic heterocycles. The number of fused-ring (bicyclic) bond motifs is 1. The van der Waals surface area contributed by atoms with Crippen molar-refractivity contribution in [2.24, 2.45) is 0 Å². The van der Waals surface area contributed by atoms with E-state index in [9.17, 15) is 0 Å². The molecule has 0 fully saturated rings. The zero-order chi connectivity index (χ0) is 12.5. The highest BCUT2D eigenvalue weighted by Crippen LogP contribution is 2.26. The summed E-state index contributed by atoms with van der Waals surface area (Å²) in [7, 11) is 2.02. The van der Waals surface area contributed by atoms with E-state index in [1.165, 1.54) is 0 Å². The summed E-state index contributed by atoms with van der Waals surface area (Å²) in [5, 5.41) is 3.85. The molecule has 19 heavy (non-hydrogen) atoms. The smallest absolute Gasteiger partial charge is 0.0738 e. The number of halogens is 2. The van der Waals surface area contributed by atoms with Gasteiger partial charge in [0.25, 0.3) is 0 Å². The van der Waals surface area contributed by atoms with E-state index < -0.39 is 0 Å². The van der Waals surface area contributed by atoms with Crippen LogP contribution >= 0.6 is 24.0 Å². The molecule has 5 heteroatoms. The van der Waals surface area contributed by atoms with Crippen LogP contribution in [-0.4, -0.2) is 16.7 Å². The average molecular weight is 294 g/mol. The van der Waals surface area contributed by atoms with Gasteiger partial charge in [0.15, 0.2) is 0 Å². The third-order valence-electron chi connectivity index (χ3n) is 2.97. The Morgan fingerprint density at radius 2 is 1.89 bits per heavy atom. The molecule has 1 aromatic carbocycles. The van der Waals surface area contributed by atoms with Gasteiger partial charge in [-0.25, -0.2) is 0 Å². The Morgan fingerprint density at radius 1 is 1.16 bits per heavy atom. The molecule has 3 aromatic rings. The van der Waals surface area contributed by atoms with Gasteiger partial charge in [-0.3, -0.25) is 14.7 Å². The highest BCUT2D eigenvalue weighted by atomic mass is 35.5. The Hall–Kier alpha value is -1.71. The SMILES string of the molecule is CN(c1ccnc2cc(Cl)ccc12)n1cccc1.Cl. The fourth-order valence-corrected chi connectivity index (χ4v) is 2.20. The number of nitrogens with zero attached hydrogens (tertiary/aromatic N) is 3. The van der Waals surface area contributed by atoms with Gasteiger partial charge in [-0.2, -0.15) is 0 Å². The van der Waals surface area contributed by atoms with Crippen LogP contribution in [0.4, 0.5) is 5.69 Å². The van der Waals surface area contributed by atoms with Crippen LogP contribution in [0, 0.1) is 0 Å². The topological polar surface area (TPSA) is 21.1 Å². The van der Waals surface area contributed by atoms with E-state index in [1.54, 1.807) is 6.20 Å². The van der Waals surface area contributed by atoms with Crippen molar-refractivity contribution in [2.45, 2.75) is 0 Å². The van der Waals surface area contributed by atoms with Crippen molar-refractivity contribution in [3.63, 3.8) is 0 Å². The summed E-state index contributed by atoms with van der Waals surface area (Å²) in [6.07, 6.45) is 5.80. The number of pyridine rings is 1. The molecule has 0 saturated carbocycles. The molecule has 0 radical (unpaired) electrons. The second-order valence-corrected chi connectivity index (χ2v) is 4.51. The summed E-state index contributed by atoms with van der Waals surface area (Å²) < 4.78 is 2.02. The van der Waals surface area contributed by atoms with Gasteiger partial charge in [0.05, 0.1) is 11.2 Å². The first kappa shape index (κ1) is 13.7. The molecular weight excluding hydrogens is 281 g/mol. The van der Waals surface area contributed by atoms with E-state index in [-0.39, 0.29) is 12.4 Å². The summed E-state index contributed by atoms with van der Waals surface area (Å²) in [6.45, 7) is 0. The van der Waals surface area contributed by atoms with Crippen molar-refractivity contribution >= 4 is 40.6 Å². The summed E-state index contributed by atoms with van der Waals surface area (Å²) in [5.74, 6) is 0. The summed E-state index contributed by atoms with van der Waals surface area (Å²) in [5.41, 5.74) is 1.99. The van der Waals surface area contributed by atoms with Crippen molar-refractivity contribution in [1.29, 1.82) is 0 Å². The molecule has 0 unspecified atom stereocenters. The Kier molecular flexibility index (Phi) is 3.98. The number of hydrogen-bond acceptors (Lipinski definition) is 2. The number of rotatable bonds is 2. The zero-order valence-corrected chi connectivity index (χ0v) is 11.9. The van der Waals surface area contributed by atoms with Crippen LogP contribution in [-0.2, 0) is 0 Å². The number of aromatic nitrogens is 2. The van der Waals surface area contributed by atoms with Gasteiger partial charge in [0.2, 0.25) is 0 Å². The molecule has 3 nitrogen and oxygen atoms in total. The fraction of sp³-hybridized carbons (Fsp3) is 0.0714. The molecule has 0 bridgehead atoms. The maximum absolute atomic E-state index is 5.99. The predicted molar refractivity (Wildman–Crippen MR) is 82.2 cm³/mol. The van der Waals surface area contributed by atoms with Crippen LogP contribution in [0.25, 0.3) is 10.9 Å². The largest absolute Gasteiger partial charge is 0.284 e. The monoisotopic (exact) mass is 293 g/mol. The quantitative estimate of drug-likeness (QED) is 0.712. The van der Waals surface area contributed by atoms with Gasteiger partial charge < -0.3 is 0 Å². The minimum atomic E-state index is 0. The molecule has 0 amide bonds.